The van der Waals surface area contributed by atoms with E-state index in [1.807, 2.05) is 19.1 Å². The van der Waals surface area contributed by atoms with Crippen molar-refractivity contribution < 1.29 is 14.7 Å². The molecule has 1 saturated heterocycles. The monoisotopic (exact) mass is 416 g/mol. The van der Waals surface area contributed by atoms with E-state index in [2.05, 4.69) is 70.8 Å². The van der Waals surface area contributed by atoms with Crippen molar-refractivity contribution in [3.63, 3.8) is 0 Å². The Hall–Kier alpha value is -3.31. The maximum Gasteiger partial charge on any atom is 0.166 e. The van der Waals surface area contributed by atoms with Crippen molar-refractivity contribution in [3.8, 4) is 11.5 Å². The zero-order valence-electron chi connectivity index (χ0n) is 17.9. The Bertz CT molecular complexity index is 945. The minimum absolute atomic E-state index is 0.144. The summed E-state index contributed by atoms with van der Waals surface area (Å²) in [7, 11) is 0. The quantitative estimate of drug-likeness (QED) is 0.582. The molecule has 5 nitrogen and oxygen atoms in total. The van der Waals surface area contributed by atoms with E-state index >= 15 is 0 Å². The smallest absolute Gasteiger partial charge is 0.166 e. The summed E-state index contributed by atoms with van der Waals surface area (Å²) in [4.78, 5) is 1.55. The molecular weight excluding hydrogens is 386 g/mol. The minimum atomic E-state index is 0.144. The van der Waals surface area contributed by atoms with E-state index in [4.69, 9.17) is 4.74 Å². The Morgan fingerprint density at radius 1 is 0.935 bits per heavy atom. The molecule has 1 aliphatic rings. The van der Waals surface area contributed by atoms with Gasteiger partial charge in [-0.15, -0.1) is 0 Å². The van der Waals surface area contributed by atoms with Gasteiger partial charge in [0.15, 0.2) is 11.5 Å². The third-order valence-corrected chi connectivity index (χ3v) is 5.75. The number of nitrogens with zero attached hydrogens (tertiary/aromatic N) is 2. The molecule has 1 fully saturated rings. The van der Waals surface area contributed by atoms with Crippen LogP contribution in [0.25, 0.3) is 0 Å². The third-order valence-electron chi connectivity index (χ3n) is 5.75. The summed E-state index contributed by atoms with van der Waals surface area (Å²) < 4.78 is 5.46. The third kappa shape index (κ3) is 5.06. The van der Waals surface area contributed by atoms with E-state index in [1.54, 1.807) is 17.2 Å². The number of ether oxygens (including phenoxy) is 1. The van der Waals surface area contributed by atoms with Gasteiger partial charge in [-0.25, -0.2) is 0 Å². The van der Waals surface area contributed by atoms with Crippen molar-refractivity contribution in [2.75, 3.05) is 32.8 Å². The maximum atomic E-state index is 10.4. The van der Waals surface area contributed by atoms with Crippen LogP contribution in [0.2, 0.25) is 0 Å². The highest BCUT2D eigenvalue weighted by atomic mass is 16.5. The van der Waals surface area contributed by atoms with E-state index in [0.717, 1.165) is 26.2 Å². The van der Waals surface area contributed by atoms with Gasteiger partial charge in [-0.05, 0) is 19.1 Å². The van der Waals surface area contributed by atoms with Gasteiger partial charge in [0.1, 0.15) is 6.04 Å². The average Bonchev–Trinajstić information content (AvgIpc) is 2.82. The highest BCUT2D eigenvalue weighted by Gasteiger charge is 2.29. The fraction of sp³-hybridized carbons (Fsp3) is 0.269. The molecule has 0 radical (unpaired) electrons. The number of para-hydroxylation sites is 1. The summed E-state index contributed by atoms with van der Waals surface area (Å²) in [5.41, 5.74) is 3.36. The van der Waals surface area contributed by atoms with Gasteiger partial charge in [0.05, 0.1) is 39.0 Å². The molecule has 3 aromatic rings. The van der Waals surface area contributed by atoms with Crippen molar-refractivity contribution in [2.24, 2.45) is 5.10 Å². The standard InChI is InChI=1S/C26H29N3O2/c1-2-31-24-15-9-14-23(26(24)30)20-27-29-18-16-28(17-19-29)25(21-10-5-3-6-11-21)22-12-7-4-8-13-22/h3-15,20,25,30H,2,16-19H2,1H3/p+1/b27-20+. The van der Waals surface area contributed by atoms with Crippen LogP contribution in [-0.4, -0.2) is 49.1 Å². The predicted octanol–water partition coefficient (Wildman–Crippen LogP) is 3.11. The number of piperazine rings is 1. The van der Waals surface area contributed by atoms with Crippen LogP contribution in [0.5, 0.6) is 11.5 Å². The van der Waals surface area contributed by atoms with E-state index < -0.39 is 0 Å². The SMILES string of the molecule is CCOc1cccc(/C=N/N2CC[NH+](C(c3ccccc3)c3ccccc3)CC2)c1O. The Morgan fingerprint density at radius 2 is 1.55 bits per heavy atom. The first kappa shape index (κ1) is 20.9. The summed E-state index contributed by atoms with van der Waals surface area (Å²) in [5, 5.41) is 17.1. The number of rotatable bonds is 7. The van der Waals surface area contributed by atoms with Gasteiger partial charge >= 0.3 is 0 Å². The molecule has 0 aromatic heterocycles. The first-order valence-corrected chi connectivity index (χ1v) is 10.9. The molecule has 0 bridgehead atoms. The highest BCUT2D eigenvalue weighted by molar-refractivity contribution is 5.84. The molecule has 5 heteroatoms. The topological polar surface area (TPSA) is 49.5 Å². The maximum absolute atomic E-state index is 10.4. The number of benzene rings is 3. The number of aromatic hydroxyl groups is 1. The van der Waals surface area contributed by atoms with Crippen molar-refractivity contribution in [3.05, 3.63) is 95.6 Å². The molecule has 0 atom stereocenters. The van der Waals surface area contributed by atoms with Crippen LogP contribution in [0.15, 0.2) is 84.0 Å². The summed E-state index contributed by atoms with van der Waals surface area (Å²) in [6.07, 6.45) is 1.73. The fourth-order valence-corrected chi connectivity index (χ4v) is 4.20. The summed E-state index contributed by atoms with van der Waals surface area (Å²) in [5.74, 6) is 0.639. The fourth-order valence-electron chi connectivity index (χ4n) is 4.20. The second-order valence-electron chi connectivity index (χ2n) is 7.74. The lowest BCUT2D eigenvalue weighted by molar-refractivity contribution is -0.929. The Labute approximate surface area is 184 Å². The second-order valence-corrected chi connectivity index (χ2v) is 7.74. The van der Waals surface area contributed by atoms with Crippen LogP contribution in [0.1, 0.15) is 29.7 Å². The second kappa shape index (κ2) is 10.1. The van der Waals surface area contributed by atoms with E-state index in [9.17, 15) is 5.11 Å². The zero-order valence-corrected chi connectivity index (χ0v) is 17.9. The van der Waals surface area contributed by atoms with Crippen molar-refractivity contribution in [1.82, 2.24) is 5.01 Å². The largest absolute Gasteiger partial charge is 0.504 e. The first-order chi connectivity index (χ1) is 15.3. The number of hydrogen-bond donors (Lipinski definition) is 2. The summed E-state index contributed by atoms with van der Waals surface area (Å²) in [6.45, 7) is 6.15. The average molecular weight is 417 g/mol. The van der Waals surface area contributed by atoms with Gasteiger partial charge < -0.3 is 14.7 Å². The molecule has 2 N–H and O–H groups in total. The molecular formula is C26H30N3O2+. The number of phenolic OH excluding ortho intramolecular Hbond substituents is 1. The zero-order chi connectivity index (χ0) is 21.5. The summed E-state index contributed by atoms with van der Waals surface area (Å²) >= 11 is 0. The van der Waals surface area contributed by atoms with Crippen LogP contribution in [0.4, 0.5) is 0 Å². The Kier molecular flexibility index (Phi) is 6.85. The highest BCUT2D eigenvalue weighted by Crippen LogP contribution is 2.28. The molecule has 0 unspecified atom stereocenters. The number of quaternary nitrogens is 1. The number of nitrogens with one attached hydrogen (secondary N) is 1. The molecule has 3 aromatic carbocycles. The van der Waals surface area contributed by atoms with Crippen LogP contribution in [0.3, 0.4) is 0 Å². The van der Waals surface area contributed by atoms with E-state index in [1.165, 1.54) is 11.1 Å². The van der Waals surface area contributed by atoms with Crippen molar-refractivity contribution in [1.29, 1.82) is 0 Å². The number of hydrogen-bond acceptors (Lipinski definition) is 4. The molecule has 1 heterocycles. The molecule has 31 heavy (non-hydrogen) atoms. The van der Waals surface area contributed by atoms with Crippen LogP contribution < -0.4 is 9.64 Å². The van der Waals surface area contributed by atoms with Gasteiger partial charge in [-0.2, -0.15) is 5.10 Å². The molecule has 0 spiro atoms. The molecule has 0 aliphatic carbocycles. The molecule has 0 amide bonds. The number of hydrazone groups is 1. The van der Waals surface area contributed by atoms with Gasteiger partial charge in [-0.1, -0.05) is 66.7 Å². The summed E-state index contributed by atoms with van der Waals surface area (Å²) in [6, 6.07) is 27.3. The Balaban J connectivity index is 1.45. The van der Waals surface area contributed by atoms with Crippen LogP contribution in [-0.2, 0) is 0 Å². The van der Waals surface area contributed by atoms with Gasteiger partial charge in [0.25, 0.3) is 0 Å². The van der Waals surface area contributed by atoms with Crippen molar-refractivity contribution >= 4 is 6.21 Å². The van der Waals surface area contributed by atoms with Gasteiger partial charge in [0, 0.05) is 16.7 Å². The normalized spacial score (nSPS) is 15.0. The molecule has 1 aliphatic heterocycles. The lowest BCUT2D eigenvalue weighted by atomic mass is 9.96. The lowest BCUT2D eigenvalue weighted by Gasteiger charge is -2.36. The molecule has 0 saturated carbocycles. The van der Waals surface area contributed by atoms with Crippen LogP contribution >= 0.6 is 0 Å². The molecule has 4 rings (SSSR count). The van der Waals surface area contributed by atoms with E-state index in [0.29, 0.717) is 24.0 Å². The van der Waals surface area contributed by atoms with Crippen LogP contribution in [0, 0.1) is 0 Å². The van der Waals surface area contributed by atoms with Crippen molar-refractivity contribution in [2.45, 2.75) is 13.0 Å². The predicted molar refractivity (Wildman–Crippen MR) is 124 cm³/mol. The lowest BCUT2D eigenvalue weighted by Crippen LogP contribution is -3.15. The van der Waals surface area contributed by atoms with Gasteiger partial charge in [-0.3, -0.25) is 5.01 Å². The Morgan fingerprint density at radius 3 is 2.13 bits per heavy atom. The molecule has 160 valence electrons. The number of phenols is 1. The minimum Gasteiger partial charge on any atom is -0.504 e. The first-order valence-electron chi connectivity index (χ1n) is 10.9. The van der Waals surface area contributed by atoms with Gasteiger partial charge in [0.2, 0.25) is 0 Å². The van der Waals surface area contributed by atoms with E-state index in [-0.39, 0.29) is 5.75 Å².